The average Bonchev–Trinajstić information content (AvgIpc) is 2.54. The van der Waals surface area contributed by atoms with Gasteiger partial charge in [-0.25, -0.2) is 9.97 Å². The summed E-state index contributed by atoms with van der Waals surface area (Å²) in [7, 11) is 0. The molecule has 0 aliphatic heterocycles. The summed E-state index contributed by atoms with van der Waals surface area (Å²) >= 11 is 0. The number of hydrogen-bond donors (Lipinski definition) is 2. The minimum atomic E-state index is -0.118. The van der Waals surface area contributed by atoms with Crippen LogP contribution in [0.15, 0.2) is 24.0 Å². The second kappa shape index (κ2) is 8.51. The SMILES string of the molecule is CC(C)CNC(=O)c1cnc(NCCC2=CCCCC2)nc1. The zero-order chi connectivity index (χ0) is 15.8. The van der Waals surface area contributed by atoms with Crippen molar-refractivity contribution in [2.75, 3.05) is 18.4 Å². The monoisotopic (exact) mass is 302 g/mol. The van der Waals surface area contributed by atoms with Crippen molar-refractivity contribution in [2.45, 2.75) is 46.0 Å². The van der Waals surface area contributed by atoms with E-state index in [-0.39, 0.29) is 5.91 Å². The molecule has 2 rings (SSSR count). The van der Waals surface area contributed by atoms with Crippen LogP contribution >= 0.6 is 0 Å². The van der Waals surface area contributed by atoms with Gasteiger partial charge >= 0.3 is 0 Å². The maximum absolute atomic E-state index is 11.9. The highest BCUT2D eigenvalue weighted by Gasteiger charge is 2.08. The molecule has 1 aliphatic rings. The number of allylic oxidation sites excluding steroid dienone is 1. The number of rotatable bonds is 7. The maximum Gasteiger partial charge on any atom is 0.254 e. The Morgan fingerprint density at radius 3 is 2.68 bits per heavy atom. The molecule has 0 atom stereocenters. The Morgan fingerprint density at radius 2 is 2.05 bits per heavy atom. The van der Waals surface area contributed by atoms with E-state index in [1.807, 2.05) is 0 Å². The van der Waals surface area contributed by atoms with Crippen molar-refractivity contribution in [2.24, 2.45) is 5.92 Å². The highest BCUT2D eigenvalue weighted by molar-refractivity contribution is 5.93. The summed E-state index contributed by atoms with van der Waals surface area (Å²) in [6.07, 6.45) is 11.6. The lowest BCUT2D eigenvalue weighted by Gasteiger charge is -2.13. The minimum absolute atomic E-state index is 0.118. The van der Waals surface area contributed by atoms with Crippen LogP contribution in [0.2, 0.25) is 0 Å². The van der Waals surface area contributed by atoms with E-state index in [9.17, 15) is 4.79 Å². The van der Waals surface area contributed by atoms with Gasteiger partial charge in [-0.05, 0) is 38.0 Å². The third kappa shape index (κ3) is 5.47. The van der Waals surface area contributed by atoms with Gasteiger partial charge in [0.05, 0.1) is 5.56 Å². The molecule has 0 spiro atoms. The summed E-state index contributed by atoms with van der Waals surface area (Å²) in [6.45, 7) is 5.62. The lowest BCUT2D eigenvalue weighted by atomic mass is 9.97. The fourth-order valence-corrected chi connectivity index (χ4v) is 2.40. The molecule has 22 heavy (non-hydrogen) atoms. The standard InChI is InChI=1S/C17H26N4O/c1-13(2)10-19-16(22)15-11-20-17(21-12-15)18-9-8-14-6-4-3-5-7-14/h6,11-13H,3-5,7-10H2,1-2H3,(H,19,22)(H,18,20,21). The number of nitrogens with zero attached hydrogens (tertiary/aromatic N) is 2. The van der Waals surface area contributed by atoms with Crippen molar-refractivity contribution in [3.8, 4) is 0 Å². The van der Waals surface area contributed by atoms with Crippen LogP contribution in [0, 0.1) is 5.92 Å². The van der Waals surface area contributed by atoms with Gasteiger partial charge in [-0.2, -0.15) is 0 Å². The summed E-state index contributed by atoms with van der Waals surface area (Å²) in [5.41, 5.74) is 2.03. The molecule has 1 aromatic rings. The van der Waals surface area contributed by atoms with E-state index < -0.39 is 0 Å². The number of carbonyl (C=O) groups excluding carboxylic acids is 1. The minimum Gasteiger partial charge on any atom is -0.354 e. The average molecular weight is 302 g/mol. The smallest absolute Gasteiger partial charge is 0.254 e. The summed E-state index contributed by atoms with van der Waals surface area (Å²) in [5, 5.41) is 6.07. The number of aromatic nitrogens is 2. The number of amides is 1. The molecule has 1 heterocycles. The second-order valence-electron chi connectivity index (χ2n) is 6.18. The van der Waals surface area contributed by atoms with Crippen molar-refractivity contribution in [1.82, 2.24) is 15.3 Å². The highest BCUT2D eigenvalue weighted by atomic mass is 16.1. The fraction of sp³-hybridized carbons (Fsp3) is 0.588. The van der Waals surface area contributed by atoms with Gasteiger partial charge in [-0.3, -0.25) is 4.79 Å². The lowest BCUT2D eigenvalue weighted by molar-refractivity contribution is 0.0948. The van der Waals surface area contributed by atoms with Gasteiger partial charge in [-0.1, -0.05) is 25.5 Å². The number of nitrogens with one attached hydrogen (secondary N) is 2. The molecule has 0 bridgehead atoms. The first kappa shape index (κ1) is 16.5. The van der Waals surface area contributed by atoms with E-state index in [1.165, 1.54) is 31.3 Å². The second-order valence-corrected chi connectivity index (χ2v) is 6.18. The molecule has 0 unspecified atom stereocenters. The van der Waals surface area contributed by atoms with E-state index in [1.54, 1.807) is 12.4 Å². The van der Waals surface area contributed by atoms with E-state index in [0.29, 0.717) is 24.0 Å². The normalized spacial score (nSPS) is 14.6. The zero-order valence-corrected chi connectivity index (χ0v) is 13.6. The van der Waals surface area contributed by atoms with Gasteiger partial charge < -0.3 is 10.6 Å². The van der Waals surface area contributed by atoms with Crippen LogP contribution in [-0.4, -0.2) is 29.0 Å². The summed E-state index contributed by atoms with van der Waals surface area (Å²) in [6, 6.07) is 0. The van der Waals surface area contributed by atoms with E-state index in [0.717, 1.165) is 13.0 Å². The van der Waals surface area contributed by atoms with Crippen LogP contribution in [0.4, 0.5) is 5.95 Å². The Labute approximate surface area is 132 Å². The van der Waals surface area contributed by atoms with Crippen LogP contribution < -0.4 is 10.6 Å². The molecule has 5 nitrogen and oxygen atoms in total. The third-order valence-corrected chi connectivity index (χ3v) is 3.70. The van der Waals surface area contributed by atoms with Crippen LogP contribution in [0.3, 0.4) is 0 Å². The predicted molar refractivity (Wildman–Crippen MR) is 88.9 cm³/mol. The highest BCUT2D eigenvalue weighted by Crippen LogP contribution is 2.19. The van der Waals surface area contributed by atoms with Crippen molar-refractivity contribution in [1.29, 1.82) is 0 Å². The molecular formula is C17H26N4O. The Balaban J connectivity index is 1.76. The van der Waals surface area contributed by atoms with Crippen LogP contribution in [0.1, 0.15) is 56.3 Å². The molecule has 0 saturated heterocycles. The van der Waals surface area contributed by atoms with Crippen LogP contribution in [0.5, 0.6) is 0 Å². The first-order valence-electron chi connectivity index (χ1n) is 8.17. The zero-order valence-electron chi connectivity index (χ0n) is 13.6. The van der Waals surface area contributed by atoms with Gasteiger partial charge in [0.25, 0.3) is 5.91 Å². The molecule has 5 heteroatoms. The quantitative estimate of drug-likeness (QED) is 0.759. The molecule has 0 saturated carbocycles. The molecule has 0 radical (unpaired) electrons. The van der Waals surface area contributed by atoms with Crippen LogP contribution in [0.25, 0.3) is 0 Å². The number of carbonyl (C=O) groups is 1. The van der Waals surface area contributed by atoms with Gasteiger partial charge in [0.2, 0.25) is 5.95 Å². The first-order valence-corrected chi connectivity index (χ1v) is 8.17. The van der Waals surface area contributed by atoms with Crippen molar-refractivity contribution < 1.29 is 4.79 Å². The maximum atomic E-state index is 11.9. The van der Waals surface area contributed by atoms with Gasteiger partial charge in [0.15, 0.2) is 0 Å². The summed E-state index contributed by atoms with van der Waals surface area (Å²) < 4.78 is 0. The van der Waals surface area contributed by atoms with Gasteiger partial charge in [0.1, 0.15) is 0 Å². The molecule has 0 aromatic carbocycles. The van der Waals surface area contributed by atoms with Crippen molar-refractivity contribution in [3.05, 3.63) is 29.6 Å². The predicted octanol–water partition coefficient (Wildman–Crippen LogP) is 3.16. The topological polar surface area (TPSA) is 66.9 Å². The molecule has 0 fully saturated rings. The van der Waals surface area contributed by atoms with E-state index in [4.69, 9.17) is 0 Å². The van der Waals surface area contributed by atoms with Gasteiger partial charge in [0, 0.05) is 25.5 Å². The third-order valence-electron chi connectivity index (χ3n) is 3.70. The first-order chi connectivity index (χ1) is 10.6. The van der Waals surface area contributed by atoms with Crippen molar-refractivity contribution in [3.63, 3.8) is 0 Å². The van der Waals surface area contributed by atoms with Gasteiger partial charge in [-0.15, -0.1) is 0 Å². The Hall–Kier alpha value is -1.91. The Kier molecular flexibility index (Phi) is 6.37. The van der Waals surface area contributed by atoms with Crippen molar-refractivity contribution >= 4 is 11.9 Å². The Bertz CT molecular complexity index is 508. The number of hydrogen-bond acceptors (Lipinski definition) is 4. The molecular weight excluding hydrogens is 276 g/mol. The van der Waals surface area contributed by atoms with E-state index >= 15 is 0 Å². The Morgan fingerprint density at radius 1 is 1.27 bits per heavy atom. The fourth-order valence-electron chi connectivity index (χ4n) is 2.40. The van der Waals surface area contributed by atoms with E-state index in [2.05, 4.69) is 40.5 Å². The van der Waals surface area contributed by atoms with Crippen LogP contribution in [-0.2, 0) is 0 Å². The molecule has 1 aliphatic carbocycles. The molecule has 120 valence electrons. The molecule has 1 amide bonds. The molecule has 2 N–H and O–H groups in total. The summed E-state index contributed by atoms with van der Waals surface area (Å²) in [5.74, 6) is 0.893. The summed E-state index contributed by atoms with van der Waals surface area (Å²) in [4.78, 5) is 20.3. The number of anilines is 1. The largest absolute Gasteiger partial charge is 0.354 e. The lowest BCUT2D eigenvalue weighted by Crippen LogP contribution is -2.27. The molecule has 1 aromatic heterocycles.